The topological polar surface area (TPSA) is 89.5 Å². The molecule has 0 aromatic rings. The molecule has 6 heteroatoms. The Bertz CT molecular complexity index is 231. The number of urea groups is 1. The number of rotatable bonds is 1. The fraction of sp³-hybridized carbons (Fsp3) is 0.857. The summed E-state index contributed by atoms with van der Waals surface area (Å²) >= 11 is 0. The summed E-state index contributed by atoms with van der Waals surface area (Å²) in [6, 6.07) is -1.14. The van der Waals surface area contributed by atoms with Gasteiger partial charge in [0.25, 0.3) is 0 Å². The zero-order valence-corrected chi connectivity index (χ0v) is 7.47. The molecule has 0 saturated carbocycles. The molecule has 0 aromatic carbocycles. The van der Waals surface area contributed by atoms with E-state index in [1.54, 1.807) is 6.92 Å². The van der Waals surface area contributed by atoms with Crippen molar-refractivity contribution in [1.29, 1.82) is 0 Å². The Morgan fingerprint density at radius 2 is 2.31 bits per heavy atom. The molecule has 0 radical (unpaired) electrons. The lowest BCUT2D eigenvalue weighted by molar-refractivity contribution is -0.527. The van der Waals surface area contributed by atoms with Crippen molar-refractivity contribution < 1.29 is 9.72 Å². The molecule has 0 aliphatic carbocycles. The van der Waals surface area contributed by atoms with Crippen LogP contribution in [0.1, 0.15) is 19.8 Å². The molecule has 2 unspecified atom stereocenters. The molecule has 13 heavy (non-hydrogen) atoms. The van der Waals surface area contributed by atoms with Gasteiger partial charge in [-0.1, -0.05) is 0 Å². The minimum Gasteiger partial charge on any atom is -0.351 e. The average Bonchev–Trinajstić information content (AvgIpc) is 2.03. The molecule has 1 heterocycles. The smallest absolute Gasteiger partial charge is 0.315 e. The number of primary amides is 1. The lowest BCUT2D eigenvalue weighted by atomic mass is 9.99. The maximum atomic E-state index is 10.8. The van der Waals surface area contributed by atoms with Crippen LogP contribution in [0.3, 0.4) is 0 Å². The molecule has 1 aliphatic rings. The summed E-state index contributed by atoms with van der Waals surface area (Å²) in [5, 5.41) is 10.4. The van der Waals surface area contributed by atoms with E-state index in [9.17, 15) is 14.9 Å². The first-order valence-electron chi connectivity index (χ1n) is 4.22. The number of nitrogens with zero attached hydrogens (tertiary/aromatic N) is 2. The number of piperidine rings is 1. The number of hydrogen-bond donors (Lipinski definition) is 1. The van der Waals surface area contributed by atoms with Gasteiger partial charge in [0.2, 0.25) is 6.04 Å². The second-order valence-corrected chi connectivity index (χ2v) is 3.34. The Labute approximate surface area is 75.8 Å². The standard InChI is InChI=1S/C7H13N3O3/c1-5-4-6(10(12)13)2-3-9(5)7(8)11/h5-6H,2-4H2,1H3,(H2,8,11). The van der Waals surface area contributed by atoms with Crippen molar-refractivity contribution in [3.8, 4) is 0 Å². The van der Waals surface area contributed by atoms with Gasteiger partial charge in [-0.15, -0.1) is 0 Å². The Morgan fingerprint density at radius 3 is 2.69 bits per heavy atom. The van der Waals surface area contributed by atoms with Crippen LogP contribution in [-0.2, 0) is 0 Å². The molecule has 0 spiro atoms. The summed E-state index contributed by atoms with van der Waals surface area (Å²) in [4.78, 5) is 22.5. The second-order valence-electron chi connectivity index (χ2n) is 3.34. The Morgan fingerprint density at radius 1 is 1.69 bits per heavy atom. The minimum absolute atomic E-state index is 0.123. The van der Waals surface area contributed by atoms with Crippen molar-refractivity contribution >= 4 is 6.03 Å². The number of nitro groups is 1. The lowest BCUT2D eigenvalue weighted by Gasteiger charge is -2.32. The zero-order valence-electron chi connectivity index (χ0n) is 7.47. The Balaban J connectivity index is 2.56. The summed E-state index contributed by atoms with van der Waals surface area (Å²) in [5.74, 6) is 0. The van der Waals surface area contributed by atoms with Gasteiger partial charge >= 0.3 is 6.03 Å². The van der Waals surface area contributed by atoms with Gasteiger partial charge < -0.3 is 10.6 Å². The molecule has 2 atom stereocenters. The van der Waals surface area contributed by atoms with E-state index in [-0.39, 0.29) is 11.0 Å². The number of nitrogens with two attached hydrogens (primary N) is 1. The van der Waals surface area contributed by atoms with Crippen LogP contribution >= 0.6 is 0 Å². The third kappa shape index (κ3) is 2.07. The quantitative estimate of drug-likeness (QED) is 0.469. The zero-order chi connectivity index (χ0) is 10.0. The Kier molecular flexibility index (Phi) is 2.69. The van der Waals surface area contributed by atoms with Crippen LogP contribution < -0.4 is 5.73 Å². The van der Waals surface area contributed by atoms with E-state index in [1.807, 2.05) is 0 Å². The highest BCUT2D eigenvalue weighted by molar-refractivity contribution is 5.72. The lowest BCUT2D eigenvalue weighted by Crippen LogP contribution is -2.49. The molecular formula is C7H13N3O3. The van der Waals surface area contributed by atoms with Gasteiger partial charge in [0, 0.05) is 30.4 Å². The summed E-state index contributed by atoms with van der Waals surface area (Å²) < 4.78 is 0. The van der Waals surface area contributed by atoms with Crippen LogP contribution in [0.2, 0.25) is 0 Å². The molecule has 1 rings (SSSR count). The van der Waals surface area contributed by atoms with Gasteiger partial charge in [-0.3, -0.25) is 10.1 Å². The maximum Gasteiger partial charge on any atom is 0.315 e. The number of likely N-dealkylation sites (tertiary alicyclic amines) is 1. The van der Waals surface area contributed by atoms with E-state index in [0.717, 1.165) is 0 Å². The van der Waals surface area contributed by atoms with Gasteiger partial charge in [0.1, 0.15) is 0 Å². The van der Waals surface area contributed by atoms with Gasteiger partial charge in [-0.2, -0.15) is 0 Å². The molecular weight excluding hydrogens is 174 g/mol. The Hall–Kier alpha value is -1.33. The van der Waals surface area contributed by atoms with Crippen LogP contribution in [0, 0.1) is 10.1 Å². The van der Waals surface area contributed by atoms with Crippen molar-refractivity contribution in [3.05, 3.63) is 10.1 Å². The predicted molar refractivity (Wildman–Crippen MR) is 45.8 cm³/mol. The van der Waals surface area contributed by atoms with E-state index in [0.29, 0.717) is 19.4 Å². The highest BCUT2D eigenvalue weighted by Gasteiger charge is 2.33. The second kappa shape index (κ2) is 3.59. The monoisotopic (exact) mass is 187 g/mol. The van der Waals surface area contributed by atoms with Crippen molar-refractivity contribution in [2.24, 2.45) is 5.73 Å². The molecule has 1 fully saturated rings. The highest BCUT2D eigenvalue weighted by Crippen LogP contribution is 2.18. The molecule has 1 aliphatic heterocycles. The van der Waals surface area contributed by atoms with Crippen LogP contribution in [0.25, 0.3) is 0 Å². The molecule has 74 valence electrons. The van der Waals surface area contributed by atoms with Gasteiger partial charge in [0.05, 0.1) is 0 Å². The summed E-state index contributed by atoms with van der Waals surface area (Å²) in [6.07, 6.45) is 0.802. The molecule has 2 N–H and O–H groups in total. The van der Waals surface area contributed by atoms with Gasteiger partial charge in [-0.25, -0.2) is 4.79 Å². The average molecular weight is 187 g/mol. The van der Waals surface area contributed by atoms with E-state index >= 15 is 0 Å². The molecule has 1 saturated heterocycles. The number of amides is 2. The SMILES string of the molecule is CC1CC([N+](=O)[O-])CCN1C(N)=O. The van der Waals surface area contributed by atoms with Crippen LogP contribution in [0.4, 0.5) is 4.79 Å². The van der Waals surface area contributed by atoms with Crippen molar-refractivity contribution in [2.75, 3.05) is 6.54 Å². The highest BCUT2D eigenvalue weighted by atomic mass is 16.6. The molecule has 6 nitrogen and oxygen atoms in total. The fourth-order valence-electron chi connectivity index (χ4n) is 1.67. The largest absolute Gasteiger partial charge is 0.351 e. The number of carbonyl (C=O) groups is 1. The van der Waals surface area contributed by atoms with Crippen LogP contribution in [0.15, 0.2) is 0 Å². The first-order valence-corrected chi connectivity index (χ1v) is 4.22. The van der Waals surface area contributed by atoms with Crippen molar-refractivity contribution in [2.45, 2.75) is 31.8 Å². The van der Waals surface area contributed by atoms with E-state index in [4.69, 9.17) is 5.73 Å². The third-order valence-electron chi connectivity index (χ3n) is 2.43. The van der Waals surface area contributed by atoms with E-state index in [2.05, 4.69) is 0 Å². The van der Waals surface area contributed by atoms with Gasteiger partial charge in [0.15, 0.2) is 0 Å². The van der Waals surface area contributed by atoms with Crippen molar-refractivity contribution in [1.82, 2.24) is 4.90 Å². The maximum absolute atomic E-state index is 10.8. The fourth-order valence-corrected chi connectivity index (χ4v) is 1.67. The first-order chi connectivity index (χ1) is 6.02. The normalized spacial score (nSPS) is 28.5. The number of carbonyl (C=O) groups excluding carboxylic acids is 1. The van der Waals surface area contributed by atoms with Gasteiger partial charge in [-0.05, 0) is 6.92 Å². The van der Waals surface area contributed by atoms with E-state index in [1.165, 1.54) is 4.90 Å². The third-order valence-corrected chi connectivity index (χ3v) is 2.43. The van der Waals surface area contributed by atoms with E-state index < -0.39 is 12.1 Å². The molecule has 0 aromatic heterocycles. The van der Waals surface area contributed by atoms with Crippen LogP contribution in [0.5, 0.6) is 0 Å². The summed E-state index contributed by atoms with van der Waals surface area (Å²) in [6.45, 7) is 2.17. The van der Waals surface area contributed by atoms with Crippen molar-refractivity contribution in [3.63, 3.8) is 0 Å². The minimum atomic E-state index is -0.523. The molecule has 0 bridgehead atoms. The van der Waals surface area contributed by atoms with Crippen LogP contribution in [-0.4, -0.2) is 34.5 Å². The summed E-state index contributed by atoms with van der Waals surface area (Å²) in [5.41, 5.74) is 5.10. The molecule has 2 amide bonds. The predicted octanol–water partition coefficient (Wildman–Crippen LogP) is 0.195. The first kappa shape index (κ1) is 9.76. The number of hydrogen-bond acceptors (Lipinski definition) is 3. The summed E-state index contributed by atoms with van der Waals surface area (Å²) in [7, 11) is 0.